The van der Waals surface area contributed by atoms with Gasteiger partial charge in [-0.3, -0.25) is 0 Å². The zero-order chi connectivity index (χ0) is 16.2. The highest BCUT2D eigenvalue weighted by molar-refractivity contribution is 5.42. The van der Waals surface area contributed by atoms with E-state index in [-0.39, 0.29) is 12.2 Å². The normalized spacial score (nSPS) is 20.3. The molecule has 1 fully saturated rings. The maximum Gasteiger partial charge on any atom is 0.128 e. The lowest BCUT2D eigenvalue weighted by Gasteiger charge is -2.13. The van der Waals surface area contributed by atoms with E-state index >= 15 is 0 Å². The second-order valence-corrected chi connectivity index (χ2v) is 5.29. The second-order valence-electron chi connectivity index (χ2n) is 5.29. The molecule has 5 heteroatoms. The van der Waals surface area contributed by atoms with Crippen LogP contribution in [0.1, 0.15) is 29.8 Å². The van der Waals surface area contributed by atoms with Gasteiger partial charge in [-0.1, -0.05) is 12.1 Å². The molecule has 23 heavy (non-hydrogen) atoms. The molecule has 0 aliphatic carbocycles. The van der Waals surface area contributed by atoms with Crippen molar-refractivity contribution in [2.24, 2.45) is 0 Å². The lowest BCUT2D eigenvalue weighted by molar-refractivity contribution is -0.300. The minimum atomic E-state index is -0.178. The van der Waals surface area contributed by atoms with Crippen LogP contribution in [0.4, 0.5) is 0 Å². The van der Waals surface area contributed by atoms with E-state index < -0.39 is 0 Å². The van der Waals surface area contributed by atoms with Crippen molar-refractivity contribution in [3.05, 3.63) is 53.6 Å². The van der Waals surface area contributed by atoms with Gasteiger partial charge < -0.3 is 14.2 Å². The molecular weight excluding hydrogens is 296 g/mol. The smallest absolute Gasteiger partial charge is 0.128 e. The first-order chi connectivity index (χ1) is 11.2. The van der Waals surface area contributed by atoms with Crippen molar-refractivity contribution >= 4 is 0 Å². The first-order valence-corrected chi connectivity index (χ1v) is 7.43. The van der Waals surface area contributed by atoms with Gasteiger partial charge in [0.25, 0.3) is 0 Å². The number of ether oxygens (including phenoxy) is 3. The third-order valence-corrected chi connectivity index (χ3v) is 3.99. The summed E-state index contributed by atoms with van der Waals surface area (Å²) in [5, 5.41) is 0. The Kier molecular flexibility index (Phi) is 4.69. The molecule has 1 heterocycles. The summed E-state index contributed by atoms with van der Waals surface area (Å²) < 4.78 is 15.8. The summed E-state index contributed by atoms with van der Waals surface area (Å²) >= 11 is 0. The molecule has 1 aliphatic rings. The molecule has 5 nitrogen and oxygen atoms in total. The van der Waals surface area contributed by atoms with Crippen LogP contribution in [0.3, 0.4) is 0 Å². The number of hydrogen-bond acceptors (Lipinski definition) is 5. The Morgan fingerprint density at radius 1 is 0.783 bits per heavy atom. The van der Waals surface area contributed by atoms with Crippen molar-refractivity contribution < 1.29 is 24.0 Å². The Balaban J connectivity index is 1.76. The quantitative estimate of drug-likeness (QED) is 0.784. The van der Waals surface area contributed by atoms with Crippen LogP contribution in [0.5, 0.6) is 17.2 Å². The molecule has 0 radical (unpaired) electrons. The van der Waals surface area contributed by atoms with Crippen molar-refractivity contribution in [2.75, 3.05) is 21.3 Å². The van der Waals surface area contributed by atoms with Crippen molar-refractivity contribution in [3.63, 3.8) is 0 Å². The van der Waals surface area contributed by atoms with Gasteiger partial charge >= 0.3 is 0 Å². The van der Waals surface area contributed by atoms with Gasteiger partial charge in [-0.05, 0) is 29.8 Å². The Morgan fingerprint density at radius 2 is 1.43 bits per heavy atom. The summed E-state index contributed by atoms with van der Waals surface area (Å²) in [4.78, 5) is 11.0. The number of hydrogen-bond donors (Lipinski definition) is 0. The molecule has 0 saturated carbocycles. The largest absolute Gasteiger partial charge is 0.497 e. The summed E-state index contributed by atoms with van der Waals surface area (Å²) in [7, 11) is 4.91. The molecule has 2 aromatic rings. The zero-order valence-corrected chi connectivity index (χ0v) is 13.4. The summed E-state index contributed by atoms with van der Waals surface area (Å²) in [6, 6.07) is 13.5. The lowest BCUT2D eigenvalue weighted by Crippen LogP contribution is -2.00. The van der Waals surface area contributed by atoms with E-state index in [9.17, 15) is 0 Å². The fraction of sp³-hybridized carbons (Fsp3) is 0.333. The Labute approximate surface area is 135 Å². The third kappa shape index (κ3) is 3.25. The fourth-order valence-corrected chi connectivity index (χ4v) is 2.68. The standard InChI is InChI=1S/C18H20O5/c1-19-13-6-4-12(5-7-13)16-11-18(23-22-16)15-9-8-14(20-2)10-17(15)21-3/h4-10,16,18H,11H2,1-3H3/t16-,18+/m0/s1. The van der Waals surface area contributed by atoms with E-state index in [4.69, 9.17) is 24.0 Å². The summed E-state index contributed by atoms with van der Waals surface area (Å²) in [5.41, 5.74) is 2.00. The lowest BCUT2D eigenvalue weighted by atomic mass is 9.99. The van der Waals surface area contributed by atoms with Gasteiger partial charge in [0.05, 0.1) is 21.3 Å². The van der Waals surface area contributed by atoms with Crippen molar-refractivity contribution in [3.8, 4) is 17.2 Å². The SMILES string of the molecule is COc1ccc([C@@H]2C[C@H](c3ccc(OC)cc3OC)OO2)cc1. The monoisotopic (exact) mass is 316 g/mol. The average Bonchev–Trinajstić information content (AvgIpc) is 3.11. The predicted octanol–water partition coefficient (Wildman–Crippen LogP) is 3.85. The maximum absolute atomic E-state index is 5.53. The Hall–Kier alpha value is -2.24. The van der Waals surface area contributed by atoms with E-state index in [0.29, 0.717) is 0 Å². The second kappa shape index (κ2) is 6.89. The number of rotatable bonds is 5. The van der Waals surface area contributed by atoms with Crippen LogP contribution in [0, 0.1) is 0 Å². The molecule has 0 amide bonds. The van der Waals surface area contributed by atoms with Crippen LogP contribution in [0.2, 0.25) is 0 Å². The molecule has 1 saturated heterocycles. The topological polar surface area (TPSA) is 46.2 Å². The highest BCUT2D eigenvalue weighted by atomic mass is 17.2. The van der Waals surface area contributed by atoms with Crippen LogP contribution >= 0.6 is 0 Å². The van der Waals surface area contributed by atoms with Crippen molar-refractivity contribution in [1.29, 1.82) is 0 Å². The molecule has 0 aromatic heterocycles. The van der Waals surface area contributed by atoms with Crippen LogP contribution in [0.15, 0.2) is 42.5 Å². The van der Waals surface area contributed by atoms with Crippen LogP contribution < -0.4 is 14.2 Å². The van der Waals surface area contributed by atoms with Crippen LogP contribution in [0.25, 0.3) is 0 Å². The van der Waals surface area contributed by atoms with E-state index in [2.05, 4.69) is 0 Å². The van der Waals surface area contributed by atoms with E-state index in [0.717, 1.165) is 34.8 Å². The highest BCUT2D eigenvalue weighted by Crippen LogP contribution is 2.43. The van der Waals surface area contributed by atoms with Gasteiger partial charge in [-0.2, -0.15) is 0 Å². The van der Waals surface area contributed by atoms with Crippen molar-refractivity contribution in [2.45, 2.75) is 18.6 Å². The van der Waals surface area contributed by atoms with Crippen LogP contribution in [-0.2, 0) is 9.78 Å². The van der Waals surface area contributed by atoms with E-state index in [1.54, 1.807) is 21.3 Å². The van der Waals surface area contributed by atoms with Gasteiger partial charge in [0.2, 0.25) is 0 Å². The average molecular weight is 316 g/mol. The first-order valence-electron chi connectivity index (χ1n) is 7.43. The molecule has 0 unspecified atom stereocenters. The molecule has 1 aliphatic heterocycles. The minimum absolute atomic E-state index is 0.113. The zero-order valence-electron chi connectivity index (χ0n) is 13.4. The van der Waals surface area contributed by atoms with Gasteiger partial charge in [-0.25, -0.2) is 9.78 Å². The minimum Gasteiger partial charge on any atom is -0.497 e. The Morgan fingerprint density at radius 3 is 2.09 bits per heavy atom. The van der Waals surface area contributed by atoms with Crippen molar-refractivity contribution in [1.82, 2.24) is 0 Å². The van der Waals surface area contributed by atoms with Gasteiger partial charge in [-0.15, -0.1) is 0 Å². The molecule has 2 aromatic carbocycles. The molecule has 2 atom stereocenters. The van der Waals surface area contributed by atoms with Gasteiger partial charge in [0.15, 0.2) is 0 Å². The predicted molar refractivity (Wildman–Crippen MR) is 84.8 cm³/mol. The summed E-state index contributed by atoms with van der Waals surface area (Å²) in [5.74, 6) is 2.30. The third-order valence-electron chi connectivity index (χ3n) is 3.99. The summed E-state index contributed by atoms with van der Waals surface area (Å²) in [6.45, 7) is 0. The first kappa shape index (κ1) is 15.6. The van der Waals surface area contributed by atoms with Crippen LogP contribution in [-0.4, -0.2) is 21.3 Å². The number of methoxy groups -OCH3 is 3. The van der Waals surface area contributed by atoms with E-state index in [1.807, 2.05) is 42.5 Å². The maximum atomic E-state index is 5.53. The molecule has 122 valence electrons. The molecule has 0 bridgehead atoms. The van der Waals surface area contributed by atoms with E-state index in [1.165, 1.54) is 0 Å². The molecular formula is C18H20O5. The fourth-order valence-electron chi connectivity index (χ4n) is 2.68. The highest BCUT2D eigenvalue weighted by Gasteiger charge is 2.32. The van der Waals surface area contributed by atoms with Gasteiger partial charge in [0.1, 0.15) is 29.5 Å². The molecule has 3 rings (SSSR count). The summed E-state index contributed by atoms with van der Waals surface area (Å²) in [6.07, 6.45) is 0.426. The number of benzene rings is 2. The van der Waals surface area contributed by atoms with Gasteiger partial charge in [0, 0.05) is 18.1 Å². The Bertz CT molecular complexity index is 653. The molecule has 0 spiro atoms. The molecule has 0 N–H and O–H groups in total.